The summed E-state index contributed by atoms with van der Waals surface area (Å²) < 4.78 is 0. The van der Waals surface area contributed by atoms with Gasteiger partial charge < -0.3 is 10.4 Å². The van der Waals surface area contributed by atoms with E-state index in [1.54, 1.807) is 6.07 Å². The molecule has 1 unspecified atom stereocenters. The van der Waals surface area contributed by atoms with E-state index in [1.807, 2.05) is 6.92 Å². The molecule has 0 amide bonds. The van der Waals surface area contributed by atoms with E-state index >= 15 is 0 Å². The van der Waals surface area contributed by atoms with Crippen molar-refractivity contribution in [1.82, 2.24) is 9.97 Å². The number of carboxylic acid groups (broad SMARTS) is 1. The van der Waals surface area contributed by atoms with Crippen LogP contribution in [0.5, 0.6) is 0 Å². The monoisotopic (exact) mass is 241 g/mol. The molecule has 0 radical (unpaired) electrons. The zero-order chi connectivity index (χ0) is 13.1. The van der Waals surface area contributed by atoms with Crippen molar-refractivity contribution in [2.45, 2.75) is 13.0 Å². The van der Waals surface area contributed by atoms with Crippen LogP contribution in [0.3, 0.4) is 0 Å². The second kappa shape index (κ2) is 4.72. The van der Waals surface area contributed by atoms with E-state index in [4.69, 9.17) is 11.5 Å². The molecule has 0 aliphatic carbocycles. The normalized spacial score (nSPS) is 11.8. The number of nitrogens with zero attached hydrogens (tertiary/aromatic N) is 2. The Bertz CT molecular complexity index is 646. The lowest BCUT2D eigenvalue weighted by Gasteiger charge is -2.10. The summed E-state index contributed by atoms with van der Waals surface area (Å²) in [7, 11) is 0. The topological polar surface area (TPSA) is 75.1 Å². The lowest BCUT2D eigenvalue weighted by atomic mass is 10.1. The predicted octanol–water partition coefficient (Wildman–Crippen LogP) is 1.76. The van der Waals surface area contributed by atoms with Crippen LogP contribution in [0.15, 0.2) is 24.5 Å². The Hall–Kier alpha value is -2.61. The van der Waals surface area contributed by atoms with E-state index < -0.39 is 5.97 Å². The maximum absolute atomic E-state index is 10.9. The van der Waals surface area contributed by atoms with Crippen molar-refractivity contribution in [2.75, 3.05) is 5.32 Å². The molecular formula is C13H11N3O2. The number of hydrogen-bond acceptors (Lipinski definition) is 4. The van der Waals surface area contributed by atoms with E-state index in [0.717, 1.165) is 5.39 Å². The third-order valence-electron chi connectivity index (χ3n) is 2.49. The van der Waals surface area contributed by atoms with Gasteiger partial charge in [0.05, 0.1) is 17.1 Å². The number of carboxylic acids is 1. The van der Waals surface area contributed by atoms with Crippen LogP contribution in [-0.4, -0.2) is 27.1 Å². The van der Waals surface area contributed by atoms with Crippen molar-refractivity contribution >= 4 is 22.7 Å². The molecule has 2 aromatic rings. The van der Waals surface area contributed by atoms with E-state index in [0.29, 0.717) is 11.3 Å². The first-order valence-corrected chi connectivity index (χ1v) is 5.32. The van der Waals surface area contributed by atoms with E-state index in [2.05, 4.69) is 21.2 Å². The minimum absolute atomic E-state index is 0.165. The fourth-order valence-corrected chi connectivity index (χ4v) is 1.55. The predicted molar refractivity (Wildman–Crippen MR) is 68.4 cm³/mol. The van der Waals surface area contributed by atoms with Crippen molar-refractivity contribution in [1.29, 1.82) is 0 Å². The molecule has 0 aliphatic heterocycles. The second-order valence-corrected chi connectivity index (χ2v) is 3.79. The largest absolute Gasteiger partial charge is 0.478 e. The van der Waals surface area contributed by atoms with Crippen molar-refractivity contribution < 1.29 is 9.90 Å². The number of anilines is 1. The molecule has 0 saturated heterocycles. The highest BCUT2D eigenvalue weighted by atomic mass is 16.4. The first-order chi connectivity index (χ1) is 8.61. The van der Waals surface area contributed by atoms with Gasteiger partial charge in [-0.25, -0.2) is 14.8 Å². The molecule has 90 valence electrons. The lowest BCUT2D eigenvalue weighted by Crippen LogP contribution is -2.13. The summed E-state index contributed by atoms with van der Waals surface area (Å²) in [6.07, 6.45) is 6.67. The Labute approximate surface area is 104 Å². The summed E-state index contributed by atoms with van der Waals surface area (Å²) in [6, 6.07) is 4.53. The molecule has 5 nitrogen and oxygen atoms in total. The summed E-state index contributed by atoms with van der Waals surface area (Å²) in [5.74, 6) is 2.16. The van der Waals surface area contributed by atoms with Crippen LogP contribution in [0, 0.1) is 12.3 Å². The summed E-state index contributed by atoms with van der Waals surface area (Å²) in [5.41, 5.74) is 0.758. The standard InChI is InChI=1S/C13H11N3O2/c1-3-8(2)16-12-10-5-4-9(13(17)18)6-11(10)14-7-15-12/h1,4-8H,2H3,(H,17,18)(H,14,15,16). The zero-order valence-electron chi connectivity index (χ0n) is 9.71. The summed E-state index contributed by atoms with van der Waals surface area (Å²) in [5, 5.41) is 12.7. The van der Waals surface area contributed by atoms with Crippen LogP contribution in [-0.2, 0) is 0 Å². The minimum Gasteiger partial charge on any atom is -0.478 e. The van der Waals surface area contributed by atoms with Gasteiger partial charge >= 0.3 is 5.97 Å². The summed E-state index contributed by atoms with van der Waals surface area (Å²) in [4.78, 5) is 19.0. The SMILES string of the molecule is C#CC(C)Nc1ncnc2cc(C(=O)O)ccc12. The smallest absolute Gasteiger partial charge is 0.335 e. The molecule has 1 aromatic heterocycles. The minimum atomic E-state index is -0.984. The molecule has 5 heteroatoms. The molecule has 0 spiro atoms. The second-order valence-electron chi connectivity index (χ2n) is 3.79. The molecular weight excluding hydrogens is 230 g/mol. The van der Waals surface area contributed by atoms with Crippen LogP contribution < -0.4 is 5.32 Å². The average molecular weight is 241 g/mol. The van der Waals surface area contributed by atoms with Crippen LogP contribution in [0.25, 0.3) is 10.9 Å². The van der Waals surface area contributed by atoms with Gasteiger partial charge in [-0.3, -0.25) is 0 Å². The van der Waals surface area contributed by atoms with E-state index in [9.17, 15) is 4.79 Å². The van der Waals surface area contributed by atoms with Gasteiger partial charge in [0.15, 0.2) is 0 Å². The van der Waals surface area contributed by atoms with Gasteiger partial charge in [-0.15, -0.1) is 6.42 Å². The lowest BCUT2D eigenvalue weighted by molar-refractivity contribution is 0.0697. The average Bonchev–Trinajstić information content (AvgIpc) is 2.38. The third-order valence-corrected chi connectivity index (χ3v) is 2.49. The number of aromatic nitrogens is 2. The molecule has 18 heavy (non-hydrogen) atoms. The van der Waals surface area contributed by atoms with E-state index in [1.165, 1.54) is 18.5 Å². The van der Waals surface area contributed by atoms with Crippen LogP contribution in [0.4, 0.5) is 5.82 Å². The highest BCUT2D eigenvalue weighted by Crippen LogP contribution is 2.20. The first-order valence-electron chi connectivity index (χ1n) is 5.32. The summed E-state index contributed by atoms with van der Waals surface area (Å²) in [6.45, 7) is 1.83. The molecule has 2 rings (SSSR count). The highest BCUT2D eigenvalue weighted by molar-refractivity contribution is 5.96. The molecule has 1 atom stereocenters. The van der Waals surface area contributed by atoms with Crippen LogP contribution >= 0.6 is 0 Å². The number of terminal acetylenes is 1. The van der Waals surface area contributed by atoms with Gasteiger partial charge in [0.1, 0.15) is 12.1 Å². The number of hydrogen-bond donors (Lipinski definition) is 2. The fraction of sp³-hybridized carbons (Fsp3) is 0.154. The van der Waals surface area contributed by atoms with E-state index in [-0.39, 0.29) is 11.6 Å². The molecule has 1 aromatic carbocycles. The Morgan fingerprint density at radius 1 is 1.50 bits per heavy atom. The van der Waals surface area contributed by atoms with Crippen LogP contribution in [0.2, 0.25) is 0 Å². The van der Waals surface area contributed by atoms with Crippen molar-refractivity contribution in [2.24, 2.45) is 0 Å². The maximum atomic E-state index is 10.9. The Kier molecular flexibility index (Phi) is 3.11. The van der Waals surface area contributed by atoms with Crippen LogP contribution in [0.1, 0.15) is 17.3 Å². The highest BCUT2D eigenvalue weighted by Gasteiger charge is 2.09. The molecule has 0 bridgehead atoms. The van der Waals surface area contributed by atoms with Gasteiger partial charge in [-0.2, -0.15) is 0 Å². The molecule has 2 N–H and O–H groups in total. The van der Waals surface area contributed by atoms with Crippen molar-refractivity contribution in [3.63, 3.8) is 0 Å². The number of fused-ring (bicyclic) bond motifs is 1. The third kappa shape index (κ3) is 2.23. The number of rotatable bonds is 3. The molecule has 0 aliphatic rings. The Balaban J connectivity index is 2.51. The Morgan fingerprint density at radius 2 is 2.28 bits per heavy atom. The van der Waals surface area contributed by atoms with Gasteiger partial charge in [-0.05, 0) is 25.1 Å². The molecule has 0 fully saturated rings. The van der Waals surface area contributed by atoms with Gasteiger partial charge in [0, 0.05) is 5.39 Å². The zero-order valence-corrected chi connectivity index (χ0v) is 9.71. The number of aromatic carboxylic acids is 1. The molecule has 1 heterocycles. The quantitative estimate of drug-likeness (QED) is 0.801. The number of benzene rings is 1. The number of carbonyl (C=O) groups is 1. The Morgan fingerprint density at radius 3 is 2.94 bits per heavy atom. The maximum Gasteiger partial charge on any atom is 0.335 e. The molecule has 0 saturated carbocycles. The van der Waals surface area contributed by atoms with Gasteiger partial charge in [0.2, 0.25) is 0 Å². The van der Waals surface area contributed by atoms with Gasteiger partial charge in [0.25, 0.3) is 0 Å². The van der Waals surface area contributed by atoms with Crippen molar-refractivity contribution in [3.05, 3.63) is 30.1 Å². The van der Waals surface area contributed by atoms with Gasteiger partial charge in [-0.1, -0.05) is 5.92 Å². The van der Waals surface area contributed by atoms with Crippen molar-refractivity contribution in [3.8, 4) is 12.3 Å². The summed E-state index contributed by atoms with van der Waals surface area (Å²) >= 11 is 0. The first kappa shape index (κ1) is 11.9. The fourth-order valence-electron chi connectivity index (χ4n) is 1.55. The number of nitrogens with one attached hydrogen (secondary N) is 1.